The van der Waals surface area contributed by atoms with Crippen LogP contribution in [0.5, 0.6) is 0 Å². The molecule has 0 radical (unpaired) electrons. The summed E-state index contributed by atoms with van der Waals surface area (Å²) in [6.07, 6.45) is 6.02. The quantitative estimate of drug-likeness (QED) is 0.440. The average Bonchev–Trinajstić information content (AvgIpc) is 2.64. The third kappa shape index (κ3) is 2.64. The van der Waals surface area contributed by atoms with Crippen molar-refractivity contribution in [2.24, 2.45) is 5.73 Å². The minimum atomic E-state index is -0.739. The summed E-state index contributed by atoms with van der Waals surface area (Å²) in [5, 5.41) is 8.48. The number of hydrogen-bond acceptors (Lipinski definition) is 3. The van der Waals surface area contributed by atoms with Crippen molar-refractivity contribution in [2.45, 2.75) is 0 Å². The molecule has 0 saturated heterocycles. The lowest BCUT2D eigenvalue weighted by atomic mass is 10.2. The summed E-state index contributed by atoms with van der Waals surface area (Å²) >= 11 is 0. The summed E-state index contributed by atoms with van der Waals surface area (Å²) in [7, 11) is 0. The van der Waals surface area contributed by atoms with Crippen molar-refractivity contribution in [2.75, 3.05) is 0 Å². The Bertz CT molecular complexity index is 408. The number of carbonyl (C=O) groups is 1. The first-order valence-electron chi connectivity index (χ1n) is 3.86. The number of carbonyl (C=O) groups excluding carboxylic acids is 1. The van der Waals surface area contributed by atoms with Gasteiger partial charge >= 0.3 is 0 Å². The molecule has 2 N–H and O–H groups in total. The Labute approximate surface area is 80.9 Å². The Morgan fingerprint density at radius 3 is 2.93 bits per heavy atom. The monoisotopic (exact) mass is 188 g/mol. The average molecular weight is 188 g/mol. The van der Waals surface area contributed by atoms with E-state index in [-0.39, 0.29) is 5.57 Å². The number of nitriles is 1. The predicted molar refractivity (Wildman–Crippen MR) is 50.6 cm³/mol. The SMILES string of the molecule is N#C/C(=C\C=C\c1ccco1)C(N)=O. The molecule has 0 saturated carbocycles. The van der Waals surface area contributed by atoms with E-state index in [1.807, 2.05) is 0 Å². The zero-order chi connectivity index (χ0) is 10.4. The number of furan rings is 1. The van der Waals surface area contributed by atoms with E-state index in [2.05, 4.69) is 0 Å². The van der Waals surface area contributed by atoms with E-state index in [4.69, 9.17) is 15.4 Å². The van der Waals surface area contributed by atoms with Crippen molar-refractivity contribution in [1.29, 1.82) is 5.26 Å². The van der Waals surface area contributed by atoms with Gasteiger partial charge in [0.25, 0.3) is 5.91 Å². The van der Waals surface area contributed by atoms with Gasteiger partial charge in [-0.1, -0.05) is 6.08 Å². The van der Waals surface area contributed by atoms with Crippen molar-refractivity contribution in [1.82, 2.24) is 0 Å². The fourth-order valence-corrected chi connectivity index (χ4v) is 0.800. The van der Waals surface area contributed by atoms with Gasteiger partial charge in [-0.3, -0.25) is 4.79 Å². The van der Waals surface area contributed by atoms with Crippen molar-refractivity contribution >= 4 is 12.0 Å². The Hall–Kier alpha value is -2.28. The smallest absolute Gasteiger partial charge is 0.259 e. The predicted octanol–water partition coefficient (Wildman–Crippen LogP) is 1.23. The summed E-state index contributed by atoms with van der Waals surface area (Å²) in [5.41, 5.74) is 4.83. The van der Waals surface area contributed by atoms with Gasteiger partial charge in [-0.25, -0.2) is 0 Å². The standard InChI is InChI=1S/C10H8N2O2/c11-7-8(10(12)13)3-1-4-9-5-2-6-14-9/h1-6H,(H2,12,13)/b4-1+,8-3+. The number of allylic oxidation sites excluding steroid dienone is 2. The Balaban J connectivity index is 2.71. The van der Waals surface area contributed by atoms with Crippen LogP contribution in [0.25, 0.3) is 6.08 Å². The lowest BCUT2D eigenvalue weighted by Gasteiger charge is -1.85. The number of nitrogens with zero attached hydrogens (tertiary/aromatic N) is 1. The third-order valence-electron chi connectivity index (χ3n) is 1.45. The maximum atomic E-state index is 10.6. The molecule has 0 atom stereocenters. The highest BCUT2D eigenvalue weighted by molar-refractivity contribution is 5.96. The van der Waals surface area contributed by atoms with Crippen LogP contribution in [0.15, 0.2) is 40.5 Å². The Morgan fingerprint density at radius 1 is 1.64 bits per heavy atom. The number of amides is 1. The minimum absolute atomic E-state index is 0.0900. The fraction of sp³-hybridized carbons (Fsp3) is 0. The molecule has 1 heterocycles. The zero-order valence-electron chi connectivity index (χ0n) is 7.31. The molecule has 70 valence electrons. The van der Waals surface area contributed by atoms with Gasteiger partial charge in [-0.2, -0.15) is 5.26 Å². The van der Waals surface area contributed by atoms with Crippen LogP contribution in [0.3, 0.4) is 0 Å². The van der Waals surface area contributed by atoms with Gasteiger partial charge in [0, 0.05) is 0 Å². The van der Waals surface area contributed by atoms with E-state index in [0.29, 0.717) is 5.76 Å². The maximum Gasteiger partial charge on any atom is 0.259 e. The summed E-state index contributed by atoms with van der Waals surface area (Å²) in [4.78, 5) is 10.6. The minimum Gasteiger partial charge on any atom is -0.465 e. The van der Waals surface area contributed by atoms with Gasteiger partial charge in [0.2, 0.25) is 0 Å². The normalized spacial score (nSPS) is 11.5. The fourth-order valence-electron chi connectivity index (χ4n) is 0.800. The molecule has 4 nitrogen and oxygen atoms in total. The summed E-state index contributed by atoms with van der Waals surface area (Å²) in [6, 6.07) is 5.18. The molecular weight excluding hydrogens is 180 g/mol. The third-order valence-corrected chi connectivity index (χ3v) is 1.45. The molecular formula is C10H8N2O2. The van der Waals surface area contributed by atoms with E-state index in [9.17, 15) is 4.79 Å². The Kier molecular flexibility index (Phi) is 3.27. The first-order chi connectivity index (χ1) is 6.74. The highest BCUT2D eigenvalue weighted by atomic mass is 16.3. The molecule has 0 unspecified atom stereocenters. The van der Waals surface area contributed by atoms with Crippen molar-refractivity contribution in [3.8, 4) is 6.07 Å². The van der Waals surface area contributed by atoms with Crippen molar-refractivity contribution < 1.29 is 9.21 Å². The molecule has 0 bridgehead atoms. The number of hydrogen-bond donors (Lipinski definition) is 1. The Morgan fingerprint density at radius 2 is 2.43 bits per heavy atom. The van der Waals surface area contributed by atoms with E-state index < -0.39 is 5.91 Å². The molecule has 4 heteroatoms. The van der Waals surface area contributed by atoms with Gasteiger partial charge in [-0.05, 0) is 24.3 Å². The molecule has 0 fully saturated rings. The molecule has 1 aromatic rings. The second kappa shape index (κ2) is 4.67. The molecule has 0 spiro atoms. The van der Waals surface area contributed by atoms with Crippen LogP contribution in [-0.2, 0) is 4.79 Å². The zero-order valence-corrected chi connectivity index (χ0v) is 7.31. The van der Waals surface area contributed by atoms with Gasteiger partial charge in [0.1, 0.15) is 17.4 Å². The lowest BCUT2D eigenvalue weighted by Crippen LogP contribution is -2.12. The largest absolute Gasteiger partial charge is 0.465 e. The van der Waals surface area contributed by atoms with E-state index in [1.165, 1.54) is 18.4 Å². The van der Waals surface area contributed by atoms with Gasteiger partial charge in [0.15, 0.2) is 0 Å². The number of primary amides is 1. The first-order valence-corrected chi connectivity index (χ1v) is 3.86. The van der Waals surface area contributed by atoms with Crippen molar-refractivity contribution in [3.05, 3.63) is 41.9 Å². The first kappa shape index (κ1) is 9.81. The van der Waals surface area contributed by atoms with Crippen LogP contribution in [0.4, 0.5) is 0 Å². The summed E-state index contributed by atoms with van der Waals surface area (Å²) < 4.78 is 4.99. The number of nitrogens with two attached hydrogens (primary N) is 1. The molecule has 0 aliphatic heterocycles. The molecule has 1 amide bonds. The van der Waals surface area contributed by atoms with E-state index >= 15 is 0 Å². The van der Waals surface area contributed by atoms with Gasteiger partial charge < -0.3 is 10.2 Å². The van der Waals surface area contributed by atoms with Crippen LogP contribution >= 0.6 is 0 Å². The van der Waals surface area contributed by atoms with Gasteiger partial charge in [-0.15, -0.1) is 0 Å². The second-order valence-electron chi connectivity index (χ2n) is 2.43. The van der Waals surface area contributed by atoms with Crippen molar-refractivity contribution in [3.63, 3.8) is 0 Å². The molecule has 1 rings (SSSR count). The summed E-state index contributed by atoms with van der Waals surface area (Å²) in [5.74, 6) is -0.0976. The van der Waals surface area contributed by atoms with Crippen LogP contribution in [0, 0.1) is 11.3 Å². The van der Waals surface area contributed by atoms with E-state index in [1.54, 1.807) is 24.3 Å². The van der Waals surface area contributed by atoms with Crippen LogP contribution < -0.4 is 5.73 Å². The molecule has 0 aliphatic rings. The van der Waals surface area contributed by atoms with Crippen LogP contribution in [0.2, 0.25) is 0 Å². The maximum absolute atomic E-state index is 10.6. The second-order valence-corrected chi connectivity index (χ2v) is 2.43. The lowest BCUT2D eigenvalue weighted by molar-refractivity contribution is -0.114. The highest BCUT2D eigenvalue weighted by Gasteiger charge is 1.99. The van der Waals surface area contributed by atoms with Gasteiger partial charge in [0.05, 0.1) is 6.26 Å². The molecule has 0 aliphatic carbocycles. The molecule has 1 aromatic heterocycles. The molecule has 0 aromatic carbocycles. The number of rotatable bonds is 3. The highest BCUT2D eigenvalue weighted by Crippen LogP contribution is 2.02. The molecule has 14 heavy (non-hydrogen) atoms. The topological polar surface area (TPSA) is 80.0 Å². The van der Waals surface area contributed by atoms with E-state index in [0.717, 1.165) is 0 Å². The summed E-state index contributed by atoms with van der Waals surface area (Å²) in [6.45, 7) is 0. The van der Waals surface area contributed by atoms with Crippen LogP contribution in [0.1, 0.15) is 5.76 Å². The van der Waals surface area contributed by atoms with Crippen LogP contribution in [-0.4, -0.2) is 5.91 Å².